The predicted molar refractivity (Wildman–Crippen MR) is 135 cm³/mol. The number of carbonyl (C=O) groups is 2. The fraction of sp³-hybridized carbons (Fsp3) is 0.364. The highest BCUT2D eigenvalue weighted by atomic mass is 79.9. The number of nitrogens with zero attached hydrogens (tertiary/aromatic N) is 1. The third kappa shape index (κ3) is 7.51. The molecule has 0 unspecified atom stereocenters. The van der Waals surface area contributed by atoms with Crippen LogP contribution in [0.15, 0.2) is 45.8 Å². The van der Waals surface area contributed by atoms with Crippen LogP contribution < -0.4 is 19.7 Å². The number of ether oxygens (including phenoxy) is 2. The first-order chi connectivity index (χ1) is 15.7. The van der Waals surface area contributed by atoms with Gasteiger partial charge in [0.15, 0.2) is 0 Å². The summed E-state index contributed by atoms with van der Waals surface area (Å²) in [6.07, 6.45) is -0.640. The van der Waals surface area contributed by atoms with Crippen LogP contribution in [-0.4, -0.2) is 46.2 Å². The van der Waals surface area contributed by atoms with Gasteiger partial charge >= 0.3 is 6.09 Å². The monoisotopic (exact) mass is 575 g/mol. The van der Waals surface area contributed by atoms with Crippen LogP contribution in [0.25, 0.3) is 0 Å². The third-order valence-corrected chi connectivity index (χ3v) is 7.03. The van der Waals surface area contributed by atoms with Crippen LogP contribution in [0.2, 0.25) is 5.02 Å². The highest BCUT2D eigenvalue weighted by Crippen LogP contribution is 2.39. The van der Waals surface area contributed by atoms with Gasteiger partial charge in [-0.25, -0.2) is 13.2 Å². The van der Waals surface area contributed by atoms with Gasteiger partial charge in [0.1, 0.15) is 22.9 Å². The quantitative estimate of drug-likeness (QED) is 0.543. The van der Waals surface area contributed by atoms with Gasteiger partial charge in [-0.2, -0.15) is 0 Å². The third-order valence-electron chi connectivity index (χ3n) is 4.24. The molecule has 0 bridgehead atoms. The lowest BCUT2D eigenvalue weighted by Gasteiger charge is -2.31. The molecule has 0 aliphatic carbocycles. The summed E-state index contributed by atoms with van der Waals surface area (Å²) in [5.41, 5.74) is 0.0266. The molecule has 2 aromatic rings. The molecule has 2 amide bonds. The van der Waals surface area contributed by atoms with Crippen LogP contribution in [-0.2, 0) is 19.6 Å². The molecule has 34 heavy (non-hydrogen) atoms. The molecule has 0 spiro atoms. The molecule has 1 heterocycles. The van der Waals surface area contributed by atoms with Crippen LogP contribution >= 0.6 is 27.5 Å². The van der Waals surface area contributed by atoms with Crippen LogP contribution in [0.1, 0.15) is 27.7 Å². The second-order valence-electron chi connectivity index (χ2n) is 8.12. The van der Waals surface area contributed by atoms with E-state index in [0.29, 0.717) is 21.6 Å². The van der Waals surface area contributed by atoms with Gasteiger partial charge in [0.25, 0.3) is 10.0 Å². The molecule has 0 aromatic heterocycles. The second-order valence-corrected chi connectivity index (χ2v) is 11.3. The van der Waals surface area contributed by atoms with Gasteiger partial charge in [-0.1, -0.05) is 27.5 Å². The number of halogens is 2. The van der Waals surface area contributed by atoms with Crippen molar-refractivity contribution in [3.05, 3.63) is 45.9 Å². The zero-order valence-electron chi connectivity index (χ0n) is 19.4. The fourth-order valence-corrected chi connectivity index (χ4v) is 5.20. The summed E-state index contributed by atoms with van der Waals surface area (Å²) in [7, 11) is -2.36. The molecule has 2 aromatic carbocycles. The first-order valence-electron chi connectivity index (χ1n) is 10.2. The van der Waals surface area contributed by atoms with E-state index in [9.17, 15) is 18.0 Å². The number of benzene rings is 2. The Morgan fingerprint density at radius 3 is 2.41 bits per heavy atom. The van der Waals surface area contributed by atoms with E-state index in [0.717, 1.165) is 0 Å². The number of fused-ring (bicyclic) bond motifs is 1. The number of rotatable bonds is 3. The average Bonchev–Trinajstić information content (AvgIpc) is 2.73. The Hall–Kier alpha value is -2.50. The zero-order chi connectivity index (χ0) is 25.7. The summed E-state index contributed by atoms with van der Waals surface area (Å²) >= 11 is 9.44. The molecule has 0 fully saturated rings. The number of sulfonamides is 1. The maximum Gasteiger partial charge on any atom is 0.412 e. The maximum atomic E-state index is 13.3. The smallest absolute Gasteiger partial charge is 0.412 e. The first kappa shape index (κ1) is 27.7. The zero-order valence-corrected chi connectivity index (χ0v) is 22.6. The summed E-state index contributed by atoms with van der Waals surface area (Å²) < 4.78 is 39.2. The Morgan fingerprint density at radius 2 is 1.82 bits per heavy atom. The Labute approximate surface area is 212 Å². The molecule has 0 saturated heterocycles. The molecule has 3 rings (SSSR count). The SMILES string of the molecule is CC(C)(C)OC(=O)Nc1ccc2c(c1)N(S(=O)(=O)c1cc(Br)ccc1Cl)CCO2.CNC(C)=O. The van der Waals surface area contributed by atoms with Crippen molar-refractivity contribution in [2.24, 2.45) is 0 Å². The van der Waals surface area contributed by atoms with Crippen LogP contribution in [0.3, 0.4) is 0 Å². The van der Waals surface area contributed by atoms with Crippen molar-refractivity contribution in [1.29, 1.82) is 0 Å². The second kappa shape index (κ2) is 11.3. The van der Waals surface area contributed by atoms with E-state index in [1.807, 2.05) is 0 Å². The van der Waals surface area contributed by atoms with E-state index < -0.39 is 21.7 Å². The molecule has 1 aliphatic rings. The topological polar surface area (TPSA) is 114 Å². The predicted octanol–water partition coefficient (Wildman–Crippen LogP) is 4.79. The Kier molecular flexibility index (Phi) is 9.21. The molecule has 186 valence electrons. The highest BCUT2D eigenvalue weighted by molar-refractivity contribution is 9.10. The van der Waals surface area contributed by atoms with Gasteiger partial charge < -0.3 is 14.8 Å². The van der Waals surface area contributed by atoms with Gasteiger partial charge in [-0.05, 0) is 57.2 Å². The van der Waals surface area contributed by atoms with Gasteiger partial charge in [0, 0.05) is 24.1 Å². The van der Waals surface area contributed by atoms with E-state index in [4.69, 9.17) is 21.1 Å². The summed E-state index contributed by atoms with van der Waals surface area (Å²) in [5.74, 6) is 0.394. The summed E-state index contributed by atoms with van der Waals surface area (Å²) in [4.78, 5) is 21.7. The van der Waals surface area contributed by atoms with Crippen LogP contribution in [0.4, 0.5) is 16.2 Å². The summed E-state index contributed by atoms with van der Waals surface area (Å²) in [6, 6.07) is 9.38. The minimum absolute atomic E-state index is 0.00463. The fourth-order valence-electron chi connectivity index (χ4n) is 2.74. The molecular weight excluding hydrogens is 550 g/mol. The van der Waals surface area contributed by atoms with Gasteiger partial charge in [-0.3, -0.25) is 14.4 Å². The van der Waals surface area contributed by atoms with Crippen molar-refractivity contribution in [1.82, 2.24) is 5.32 Å². The van der Waals surface area contributed by atoms with Crippen molar-refractivity contribution in [3.8, 4) is 5.75 Å². The Balaban J connectivity index is 0.000000739. The molecule has 2 N–H and O–H groups in total. The number of amides is 2. The molecule has 12 heteroatoms. The molecule has 9 nitrogen and oxygen atoms in total. The van der Waals surface area contributed by atoms with Crippen molar-refractivity contribution >= 4 is 60.9 Å². The van der Waals surface area contributed by atoms with E-state index in [2.05, 4.69) is 26.6 Å². The normalized spacial score (nSPS) is 13.0. The molecule has 0 saturated carbocycles. The number of carbonyl (C=O) groups excluding carboxylic acids is 2. The van der Waals surface area contributed by atoms with Crippen molar-refractivity contribution in [3.63, 3.8) is 0 Å². The Bertz CT molecular complexity index is 1170. The number of hydrogen-bond donors (Lipinski definition) is 2. The standard InChI is InChI=1S/C19H20BrClN2O5S.C3H7NO/c1-19(2,3)28-18(24)22-13-5-7-16-15(11-13)23(8-9-27-16)29(25,26)17-10-12(20)4-6-14(17)21;1-3(5)4-2/h4-7,10-11H,8-9H2,1-3H3,(H,22,24);1-2H3,(H,4,5). The maximum absolute atomic E-state index is 13.3. The number of hydrogen-bond acceptors (Lipinski definition) is 6. The minimum Gasteiger partial charge on any atom is -0.489 e. The van der Waals surface area contributed by atoms with Crippen LogP contribution in [0, 0.1) is 0 Å². The van der Waals surface area contributed by atoms with E-state index in [-0.39, 0.29) is 29.0 Å². The lowest BCUT2D eigenvalue weighted by molar-refractivity contribution is -0.118. The Morgan fingerprint density at radius 1 is 1.18 bits per heavy atom. The molecule has 0 atom stereocenters. The van der Waals surface area contributed by atoms with Crippen LogP contribution in [0.5, 0.6) is 5.75 Å². The largest absolute Gasteiger partial charge is 0.489 e. The van der Waals surface area contributed by atoms with Crippen molar-refractivity contribution in [2.75, 3.05) is 29.8 Å². The van der Waals surface area contributed by atoms with E-state index in [1.165, 1.54) is 29.4 Å². The summed E-state index contributed by atoms with van der Waals surface area (Å²) in [6.45, 7) is 7.03. The molecular formula is C22H27BrClN3O6S. The van der Waals surface area contributed by atoms with Gasteiger partial charge in [0.2, 0.25) is 5.91 Å². The van der Waals surface area contributed by atoms with Gasteiger partial charge in [0.05, 0.1) is 17.3 Å². The first-order valence-corrected chi connectivity index (χ1v) is 12.8. The van der Waals surface area contributed by atoms with E-state index in [1.54, 1.807) is 46.0 Å². The number of anilines is 2. The van der Waals surface area contributed by atoms with Crippen molar-refractivity contribution < 1.29 is 27.5 Å². The lowest BCUT2D eigenvalue weighted by Crippen LogP contribution is -2.38. The lowest BCUT2D eigenvalue weighted by atomic mass is 10.2. The average molecular weight is 577 g/mol. The van der Waals surface area contributed by atoms with E-state index >= 15 is 0 Å². The number of nitrogens with one attached hydrogen (secondary N) is 2. The van der Waals surface area contributed by atoms with Crippen molar-refractivity contribution in [2.45, 2.75) is 38.2 Å². The summed E-state index contributed by atoms with van der Waals surface area (Å²) in [5, 5.41) is 5.11. The van der Waals surface area contributed by atoms with Gasteiger partial charge in [-0.15, -0.1) is 0 Å². The molecule has 0 radical (unpaired) electrons. The molecule has 1 aliphatic heterocycles. The highest BCUT2D eigenvalue weighted by Gasteiger charge is 2.32. The minimum atomic E-state index is -3.96.